The molecule has 2 amide bonds. The van der Waals surface area contributed by atoms with Crippen molar-refractivity contribution in [1.82, 2.24) is 14.9 Å². The average molecular weight is 834 g/mol. The van der Waals surface area contributed by atoms with Crippen LogP contribution < -0.4 is 26.7 Å². The molecule has 1 fully saturated rings. The molecular formula is C40H40FN5O14. The molecule has 3 aliphatic heterocycles. The van der Waals surface area contributed by atoms with Crippen molar-refractivity contribution >= 4 is 40.5 Å². The number of ether oxygens (including phenoxy) is 4. The molecule has 4 aromatic rings. The number of halogens is 1. The third-order valence-corrected chi connectivity index (χ3v) is 11.6. The molecule has 4 aliphatic rings. The van der Waals surface area contributed by atoms with Crippen molar-refractivity contribution in [2.45, 2.75) is 95.2 Å². The number of cyclic esters (lactones) is 1. The van der Waals surface area contributed by atoms with E-state index < -0.39 is 84.2 Å². The molecule has 2 aromatic heterocycles. The summed E-state index contributed by atoms with van der Waals surface area (Å²) < 4.78 is 38.4. The fraction of sp³-hybridized carbons (Fsp3) is 0.400. The van der Waals surface area contributed by atoms with Crippen LogP contribution >= 0.6 is 0 Å². The fourth-order valence-electron chi connectivity index (χ4n) is 8.37. The van der Waals surface area contributed by atoms with Crippen LogP contribution in [0.2, 0.25) is 0 Å². The topological polar surface area (TPSA) is 291 Å². The summed E-state index contributed by atoms with van der Waals surface area (Å²) in [7, 11) is 0. The van der Waals surface area contributed by atoms with Gasteiger partial charge in [-0.15, -0.1) is 0 Å². The summed E-state index contributed by atoms with van der Waals surface area (Å²) in [4.78, 5) is 68.9. The molecule has 19 nitrogen and oxygen atoms in total. The number of anilines is 1. The van der Waals surface area contributed by atoms with Crippen LogP contribution in [-0.4, -0.2) is 96.3 Å². The Morgan fingerprint density at radius 2 is 1.85 bits per heavy atom. The molecule has 316 valence electrons. The predicted molar refractivity (Wildman–Crippen MR) is 203 cm³/mol. The third kappa shape index (κ3) is 6.61. The zero-order chi connectivity index (χ0) is 42.9. The lowest BCUT2D eigenvalue weighted by atomic mass is 9.81. The van der Waals surface area contributed by atoms with Gasteiger partial charge in [0.2, 0.25) is 12.2 Å². The number of aliphatic hydroxyl groups is 4. The maximum atomic E-state index is 15.3. The summed E-state index contributed by atoms with van der Waals surface area (Å²) >= 11 is 0. The highest BCUT2D eigenvalue weighted by Gasteiger charge is 2.49. The molecule has 0 bridgehead atoms. The number of carbonyl (C=O) groups excluding carboxylic acids is 3. The van der Waals surface area contributed by atoms with Crippen molar-refractivity contribution < 1.29 is 68.0 Å². The maximum absolute atomic E-state index is 15.3. The number of aryl methyl sites for hydroxylation is 1. The van der Waals surface area contributed by atoms with Crippen LogP contribution in [0.15, 0.2) is 35.1 Å². The molecular weight excluding hydrogens is 793 g/mol. The number of hydrogen-bond acceptors (Lipinski definition) is 15. The fourth-order valence-corrected chi connectivity index (χ4v) is 8.37. The van der Waals surface area contributed by atoms with Crippen molar-refractivity contribution in [3.8, 4) is 17.1 Å². The number of alkyl carbamates (subject to hydrolysis) is 1. The van der Waals surface area contributed by atoms with Crippen molar-refractivity contribution in [2.24, 2.45) is 5.73 Å². The van der Waals surface area contributed by atoms with Crippen LogP contribution in [0.3, 0.4) is 0 Å². The first-order valence-corrected chi connectivity index (χ1v) is 19.0. The van der Waals surface area contributed by atoms with Crippen LogP contribution in [0.1, 0.15) is 64.8 Å². The Bertz CT molecular complexity index is 2560. The summed E-state index contributed by atoms with van der Waals surface area (Å²) in [6.07, 6.45) is -9.74. The van der Waals surface area contributed by atoms with Gasteiger partial charge in [-0.1, -0.05) is 13.0 Å². The number of nitrogens with one attached hydrogen (secondary N) is 2. The molecule has 9 N–H and O–H groups in total. The molecule has 8 rings (SSSR count). The molecule has 0 spiro atoms. The predicted octanol–water partition coefficient (Wildman–Crippen LogP) is 0.609. The van der Waals surface area contributed by atoms with Gasteiger partial charge in [-0.25, -0.2) is 23.8 Å². The summed E-state index contributed by atoms with van der Waals surface area (Å²) in [6, 6.07) is 6.26. The van der Waals surface area contributed by atoms with E-state index in [1.54, 1.807) is 19.9 Å². The number of benzene rings is 2. The highest BCUT2D eigenvalue weighted by molar-refractivity contribution is 5.94. The van der Waals surface area contributed by atoms with Gasteiger partial charge in [0.25, 0.3) is 5.56 Å². The van der Waals surface area contributed by atoms with Crippen molar-refractivity contribution in [3.05, 3.63) is 85.4 Å². The first kappa shape index (κ1) is 40.7. The number of aromatic nitrogens is 2. The number of nitrogens with zero attached hydrogens (tertiary/aromatic N) is 2. The van der Waals surface area contributed by atoms with Crippen LogP contribution in [0.5, 0.6) is 5.75 Å². The van der Waals surface area contributed by atoms with E-state index >= 15 is 4.39 Å². The Morgan fingerprint density at radius 1 is 1.08 bits per heavy atom. The second kappa shape index (κ2) is 15.2. The average Bonchev–Trinajstić information content (AvgIpc) is 3.60. The van der Waals surface area contributed by atoms with Gasteiger partial charge in [-0.3, -0.25) is 9.59 Å². The van der Waals surface area contributed by atoms with Gasteiger partial charge >= 0.3 is 18.0 Å². The SMILES string of the molecule is CC[C@@]1(O)C(=O)OCc2c1cc1n(c2=O)Cc2c-1nc1cc(F)c(C)c3c1c2[C@@H](NC(=O)OCc1ccc(O[C@@H]2OC(C(=O)O)[C@@H](O)[C@@H](O)C2O)c(NC(=O)CN)c1)CC3. The lowest BCUT2D eigenvalue weighted by molar-refractivity contribution is -0.271. The lowest BCUT2D eigenvalue weighted by Crippen LogP contribution is -2.61. The Labute approximate surface area is 338 Å². The van der Waals surface area contributed by atoms with E-state index in [1.807, 2.05) is 0 Å². The van der Waals surface area contributed by atoms with E-state index in [0.717, 1.165) is 0 Å². The summed E-state index contributed by atoms with van der Waals surface area (Å²) in [6.45, 7) is 2.16. The molecule has 7 atom stereocenters. The van der Waals surface area contributed by atoms with Crippen molar-refractivity contribution in [3.63, 3.8) is 0 Å². The summed E-state index contributed by atoms with van der Waals surface area (Å²) in [5, 5.41) is 57.5. The second-order valence-electron chi connectivity index (χ2n) is 15.1. The highest BCUT2D eigenvalue weighted by atomic mass is 19.1. The van der Waals surface area contributed by atoms with Crippen LogP contribution in [0, 0.1) is 12.7 Å². The van der Waals surface area contributed by atoms with Crippen LogP contribution in [-0.2, 0) is 60.4 Å². The highest BCUT2D eigenvalue weighted by Crippen LogP contribution is 2.46. The molecule has 2 unspecified atom stereocenters. The molecule has 60 heavy (non-hydrogen) atoms. The second-order valence-corrected chi connectivity index (χ2v) is 15.1. The van der Waals surface area contributed by atoms with Gasteiger partial charge in [0.05, 0.1) is 47.3 Å². The van der Waals surface area contributed by atoms with E-state index in [0.29, 0.717) is 57.4 Å². The first-order chi connectivity index (χ1) is 28.6. The molecule has 0 saturated carbocycles. The van der Waals surface area contributed by atoms with E-state index in [2.05, 4.69) is 10.6 Å². The van der Waals surface area contributed by atoms with Crippen LogP contribution in [0.25, 0.3) is 22.3 Å². The van der Waals surface area contributed by atoms with Crippen molar-refractivity contribution in [2.75, 3.05) is 11.9 Å². The number of aliphatic carboxylic acids is 1. The Balaban J connectivity index is 1.08. The number of nitrogens with two attached hydrogens (primary N) is 1. The number of aliphatic hydroxyl groups excluding tert-OH is 3. The Morgan fingerprint density at radius 3 is 2.57 bits per heavy atom. The monoisotopic (exact) mass is 833 g/mol. The minimum Gasteiger partial charge on any atom is -0.479 e. The number of carboxylic acids is 1. The third-order valence-electron chi connectivity index (χ3n) is 11.6. The lowest BCUT2D eigenvalue weighted by Gasteiger charge is -2.38. The number of esters is 1. The van der Waals surface area contributed by atoms with Gasteiger partial charge in [0.1, 0.15) is 43.1 Å². The normalized spacial score (nSPS) is 25.1. The molecule has 0 radical (unpaired) electrons. The summed E-state index contributed by atoms with van der Waals surface area (Å²) in [5.41, 5.74) is 6.73. The number of amides is 2. The molecule has 5 heterocycles. The van der Waals surface area contributed by atoms with Crippen LogP contribution in [0.4, 0.5) is 14.9 Å². The van der Waals surface area contributed by atoms with E-state index in [4.69, 9.17) is 29.7 Å². The molecule has 2 aromatic carbocycles. The number of pyridine rings is 2. The largest absolute Gasteiger partial charge is 0.479 e. The minimum absolute atomic E-state index is 0.0296. The smallest absolute Gasteiger partial charge is 0.407 e. The van der Waals surface area contributed by atoms with Gasteiger partial charge in [-0.2, -0.15) is 0 Å². The van der Waals surface area contributed by atoms with Crippen molar-refractivity contribution in [1.29, 1.82) is 0 Å². The van der Waals surface area contributed by atoms with E-state index in [-0.39, 0.29) is 54.3 Å². The van der Waals surface area contributed by atoms with Gasteiger partial charge < -0.3 is 65.4 Å². The molecule has 1 saturated heterocycles. The maximum Gasteiger partial charge on any atom is 0.407 e. The zero-order valence-electron chi connectivity index (χ0n) is 32.1. The van der Waals surface area contributed by atoms with E-state index in [9.17, 15) is 49.5 Å². The standard InChI is InChI=1S/C40H40FN5O14/c1-3-40(56)20-9-25-30-18(12-46(25)35(51)19(20)14-57-38(40)54)29-22(6-5-17-15(2)21(41)10-24(44-30)28(17)29)45-39(55)58-13-16-4-7-26(23(8-16)43-27(47)11-42)59-37-33(50)31(48)32(49)34(60-37)36(52)53/h4,7-10,22,31-34,37,48-50,56H,3,5-6,11-14,42H2,1-2H3,(H,43,47)(H,45,55)(H,52,53)/t22-,31+,32-,33?,34?,37+,40-/m0/s1. The van der Waals surface area contributed by atoms with Gasteiger partial charge in [-0.05, 0) is 66.6 Å². The number of hydrogen-bond donors (Lipinski definition) is 8. The quantitative estimate of drug-likeness (QED) is 0.0944. The summed E-state index contributed by atoms with van der Waals surface area (Å²) in [5.74, 6) is -3.80. The van der Waals surface area contributed by atoms with Gasteiger partial charge in [0.15, 0.2) is 11.7 Å². The Kier molecular flexibility index (Phi) is 10.3. The zero-order valence-corrected chi connectivity index (χ0v) is 32.1. The first-order valence-electron chi connectivity index (χ1n) is 19.0. The molecule has 20 heteroatoms. The minimum atomic E-state index is -2.06. The molecule has 1 aliphatic carbocycles. The number of carbonyl (C=O) groups is 4. The Hall–Kier alpha value is -6.03. The number of carboxylic acid groups (broad SMARTS) is 1. The van der Waals surface area contributed by atoms with E-state index in [1.165, 1.54) is 28.8 Å². The number of fused-ring (bicyclic) bond motifs is 5. The van der Waals surface area contributed by atoms with Gasteiger partial charge in [0, 0.05) is 22.6 Å². The number of rotatable bonds is 9.